The van der Waals surface area contributed by atoms with Crippen LogP contribution in [0.3, 0.4) is 0 Å². The molecule has 1 aliphatic rings. The Balaban J connectivity index is 1.70. The lowest BCUT2D eigenvalue weighted by Crippen LogP contribution is -2.34. The Labute approximate surface area is 153 Å². The van der Waals surface area contributed by atoms with Crippen molar-refractivity contribution in [3.8, 4) is 11.5 Å². The van der Waals surface area contributed by atoms with E-state index in [4.69, 9.17) is 9.47 Å². The molecule has 0 unspecified atom stereocenters. The molecule has 1 aliphatic heterocycles. The topological polar surface area (TPSA) is 33.7 Å². The maximum atomic E-state index is 12.3. The molecule has 0 bridgehead atoms. The predicted octanol–water partition coefficient (Wildman–Crippen LogP) is 3.85. The number of methoxy groups -OCH3 is 1. The normalized spacial score (nSPS) is 16.7. The number of alkyl halides is 3. The molecular weight excluding hydrogens is 345 g/mol. The average molecular weight is 374 g/mol. The monoisotopic (exact) mass is 374 g/mol. The van der Waals surface area contributed by atoms with Gasteiger partial charge in [-0.1, -0.05) is 13.0 Å². The van der Waals surface area contributed by atoms with Gasteiger partial charge in [0, 0.05) is 6.54 Å². The van der Waals surface area contributed by atoms with Gasteiger partial charge in [0.05, 0.1) is 7.11 Å². The number of hydrogen-bond acceptors (Lipinski definition) is 4. The third-order valence-electron chi connectivity index (χ3n) is 4.65. The summed E-state index contributed by atoms with van der Waals surface area (Å²) in [7, 11) is 1.42. The van der Waals surface area contributed by atoms with Crippen molar-refractivity contribution in [2.45, 2.75) is 38.9 Å². The van der Waals surface area contributed by atoms with E-state index in [2.05, 4.69) is 17.1 Å². The fourth-order valence-corrected chi connectivity index (χ4v) is 3.05. The van der Waals surface area contributed by atoms with Gasteiger partial charge in [0.2, 0.25) is 0 Å². The number of nitrogens with zero attached hydrogens (tertiary/aromatic N) is 1. The van der Waals surface area contributed by atoms with Crippen LogP contribution in [0.4, 0.5) is 13.2 Å². The Morgan fingerprint density at radius 1 is 1.19 bits per heavy atom. The van der Waals surface area contributed by atoms with Gasteiger partial charge in [0.25, 0.3) is 0 Å². The lowest BCUT2D eigenvalue weighted by Gasteiger charge is -2.30. The van der Waals surface area contributed by atoms with Crippen molar-refractivity contribution in [2.24, 2.45) is 5.92 Å². The van der Waals surface area contributed by atoms with Gasteiger partial charge in [-0.05, 0) is 69.1 Å². The van der Waals surface area contributed by atoms with Crippen LogP contribution in [0.2, 0.25) is 0 Å². The molecule has 0 aliphatic carbocycles. The van der Waals surface area contributed by atoms with E-state index >= 15 is 0 Å². The van der Waals surface area contributed by atoms with Crippen molar-refractivity contribution in [3.05, 3.63) is 23.8 Å². The van der Waals surface area contributed by atoms with Gasteiger partial charge < -0.3 is 19.7 Å². The first-order valence-electron chi connectivity index (χ1n) is 9.17. The quantitative estimate of drug-likeness (QED) is 0.666. The molecule has 4 nitrogen and oxygen atoms in total. The van der Waals surface area contributed by atoms with E-state index in [1.165, 1.54) is 39.1 Å². The molecule has 1 N–H and O–H groups in total. The van der Waals surface area contributed by atoms with Crippen LogP contribution in [-0.2, 0) is 6.54 Å². The highest BCUT2D eigenvalue weighted by molar-refractivity contribution is 5.43. The van der Waals surface area contributed by atoms with Gasteiger partial charge in [0.1, 0.15) is 0 Å². The SMILES string of the molecule is COc1cc(CNCCCN2CCC(C)CC2)ccc1OCC(F)(F)F. The van der Waals surface area contributed by atoms with Gasteiger partial charge >= 0.3 is 6.18 Å². The molecule has 0 saturated carbocycles. The highest BCUT2D eigenvalue weighted by Gasteiger charge is 2.29. The lowest BCUT2D eigenvalue weighted by molar-refractivity contribution is -0.153. The summed E-state index contributed by atoms with van der Waals surface area (Å²) in [6.45, 7) is 6.03. The highest BCUT2D eigenvalue weighted by atomic mass is 19.4. The van der Waals surface area contributed by atoms with E-state index in [-0.39, 0.29) is 5.75 Å². The number of hydrogen-bond donors (Lipinski definition) is 1. The number of rotatable bonds is 9. The van der Waals surface area contributed by atoms with Crippen LogP contribution >= 0.6 is 0 Å². The molecule has 1 heterocycles. The minimum atomic E-state index is -4.36. The van der Waals surface area contributed by atoms with Crippen molar-refractivity contribution in [1.29, 1.82) is 0 Å². The molecular formula is C19H29F3N2O2. The summed E-state index contributed by atoms with van der Waals surface area (Å²) in [5.74, 6) is 1.27. The van der Waals surface area contributed by atoms with Gasteiger partial charge in [-0.25, -0.2) is 0 Å². The maximum absolute atomic E-state index is 12.3. The minimum Gasteiger partial charge on any atom is -0.493 e. The average Bonchev–Trinajstić information content (AvgIpc) is 2.61. The first-order chi connectivity index (χ1) is 12.4. The Morgan fingerprint density at radius 3 is 2.58 bits per heavy atom. The van der Waals surface area contributed by atoms with Gasteiger partial charge in [-0.15, -0.1) is 0 Å². The van der Waals surface area contributed by atoms with Crippen LogP contribution in [0.5, 0.6) is 11.5 Å². The second-order valence-corrected chi connectivity index (χ2v) is 6.94. The lowest BCUT2D eigenvalue weighted by atomic mass is 9.99. The van der Waals surface area contributed by atoms with Crippen LogP contribution in [-0.4, -0.2) is 51.0 Å². The smallest absolute Gasteiger partial charge is 0.422 e. The van der Waals surface area contributed by atoms with Crippen LogP contribution in [0.1, 0.15) is 31.7 Å². The second kappa shape index (κ2) is 10.0. The largest absolute Gasteiger partial charge is 0.493 e. The molecule has 1 aromatic carbocycles. The minimum absolute atomic E-state index is 0.105. The third kappa shape index (κ3) is 7.41. The Bertz CT molecular complexity index is 544. The van der Waals surface area contributed by atoms with E-state index in [9.17, 15) is 13.2 Å². The number of nitrogens with one attached hydrogen (secondary N) is 1. The van der Waals surface area contributed by atoms with Gasteiger partial charge in [-0.2, -0.15) is 13.2 Å². The summed E-state index contributed by atoms with van der Waals surface area (Å²) >= 11 is 0. The summed E-state index contributed by atoms with van der Waals surface area (Å²) in [5.41, 5.74) is 0.952. The van der Waals surface area contributed by atoms with E-state index in [1.807, 2.05) is 0 Å². The number of piperidine rings is 1. The fraction of sp³-hybridized carbons (Fsp3) is 0.684. The Morgan fingerprint density at radius 2 is 1.92 bits per heavy atom. The number of ether oxygens (including phenoxy) is 2. The number of halogens is 3. The zero-order valence-corrected chi connectivity index (χ0v) is 15.6. The number of benzene rings is 1. The van der Waals surface area contributed by atoms with Gasteiger partial charge in [-0.3, -0.25) is 0 Å². The number of likely N-dealkylation sites (tertiary alicyclic amines) is 1. The molecule has 1 fully saturated rings. The molecule has 1 saturated heterocycles. The van der Waals surface area contributed by atoms with Crippen molar-refractivity contribution < 1.29 is 22.6 Å². The van der Waals surface area contributed by atoms with E-state index in [0.29, 0.717) is 12.3 Å². The molecule has 7 heteroatoms. The second-order valence-electron chi connectivity index (χ2n) is 6.94. The van der Waals surface area contributed by atoms with Crippen molar-refractivity contribution in [1.82, 2.24) is 10.2 Å². The first-order valence-corrected chi connectivity index (χ1v) is 9.17. The Hall–Kier alpha value is -1.47. The molecule has 26 heavy (non-hydrogen) atoms. The van der Waals surface area contributed by atoms with Crippen molar-refractivity contribution in [2.75, 3.05) is 39.9 Å². The predicted molar refractivity (Wildman–Crippen MR) is 95.7 cm³/mol. The van der Waals surface area contributed by atoms with Crippen LogP contribution < -0.4 is 14.8 Å². The summed E-state index contributed by atoms with van der Waals surface area (Å²) in [4.78, 5) is 2.51. The molecule has 0 radical (unpaired) electrons. The zero-order chi connectivity index (χ0) is 19.0. The van der Waals surface area contributed by atoms with E-state index < -0.39 is 12.8 Å². The molecule has 2 rings (SSSR count). The van der Waals surface area contributed by atoms with Gasteiger partial charge in [0.15, 0.2) is 18.1 Å². The first kappa shape index (κ1) is 20.8. The third-order valence-corrected chi connectivity index (χ3v) is 4.65. The summed E-state index contributed by atoms with van der Waals surface area (Å²) in [6, 6.07) is 4.99. The summed E-state index contributed by atoms with van der Waals surface area (Å²) in [5, 5.41) is 3.37. The van der Waals surface area contributed by atoms with Crippen molar-refractivity contribution in [3.63, 3.8) is 0 Å². The molecule has 1 aromatic rings. The van der Waals surface area contributed by atoms with Crippen LogP contribution in [0.15, 0.2) is 18.2 Å². The van der Waals surface area contributed by atoms with E-state index in [1.54, 1.807) is 12.1 Å². The Kier molecular flexibility index (Phi) is 8.03. The summed E-state index contributed by atoms with van der Waals surface area (Å²) < 4.78 is 46.7. The molecule has 0 atom stereocenters. The maximum Gasteiger partial charge on any atom is 0.422 e. The molecule has 0 amide bonds. The highest BCUT2D eigenvalue weighted by Crippen LogP contribution is 2.29. The molecule has 148 valence electrons. The van der Waals surface area contributed by atoms with E-state index in [0.717, 1.165) is 31.0 Å². The molecule has 0 aromatic heterocycles. The fourth-order valence-electron chi connectivity index (χ4n) is 3.05. The standard InChI is InChI=1S/C19H29F3N2O2/c1-15-6-10-24(11-7-15)9-3-8-23-13-16-4-5-17(18(12-16)25-2)26-14-19(20,21)22/h4-5,12,15,23H,3,6-11,13-14H2,1-2H3. The van der Waals surface area contributed by atoms with Crippen molar-refractivity contribution >= 4 is 0 Å². The summed E-state index contributed by atoms with van der Waals surface area (Å²) in [6.07, 6.45) is -0.706. The van der Waals surface area contributed by atoms with Crippen LogP contribution in [0, 0.1) is 5.92 Å². The van der Waals surface area contributed by atoms with Crippen LogP contribution in [0.25, 0.3) is 0 Å². The molecule has 0 spiro atoms. The zero-order valence-electron chi connectivity index (χ0n) is 15.6.